The Kier molecular flexibility index (Phi) is 3.44. The van der Waals surface area contributed by atoms with Crippen LogP contribution in [0.25, 0.3) is 11.0 Å². The minimum atomic E-state index is -0.629. The molecule has 0 aliphatic heterocycles. The number of carbonyl (C=O) groups is 1. The standard InChI is InChI=1S/C14H17N3O4/c1-8-10(17(19)20)6-7-11-12(8)15-9(2)16(11)13(18)21-14(3,4)5/h6-7H,1-5H3. The van der Waals surface area contributed by atoms with Gasteiger partial charge in [-0.15, -0.1) is 0 Å². The molecule has 0 bridgehead atoms. The summed E-state index contributed by atoms with van der Waals surface area (Å²) in [6.45, 7) is 8.60. The number of nitro benzene ring substituents is 1. The maximum atomic E-state index is 12.3. The van der Waals surface area contributed by atoms with Gasteiger partial charge in [-0.3, -0.25) is 10.1 Å². The summed E-state index contributed by atoms with van der Waals surface area (Å²) in [5.41, 5.74) is 0.729. The van der Waals surface area contributed by atoms with E-state index in [0.29, 0.717) is 22.4 Å². The van der Waals surface area contributed by atoms with E-state index in [1.54, 1.807) is 34.6 Å². The summed E-state index contributed by atoms with van der Waals surface area (Å²) in [6, 6.07) is 2.89. The number of hydrogen-bond acceptors (Lipinski definition) is 5. The predicted octanol–water partition coefficient (Wildman–Crippen LogP) is 3.34. The molecule has 1 heterocycles. The highest BCUT2D eigenvalue weighted by Gasteiger charge is 2.24. The summed E-state index contributed by atoms with van der Waals surface area (Å²) in [6.07, 6.45) is -0.546. The highest BCUT2D eigenvalue weighted by atomic mass is 16.6. The first-order chi connectivity index (χ1) is 9.61. The number of rotatable bonds is 1. The molecule has 0 N–H and O–H groups in total. The van der Waals surface area contributed by atoms with Crippen LogP contribution in [-0.4, -0.2) is 26.2 Å². The van der Waals surface area contributed by atoms with Crippen LogP contribution in [0.5, 0.6) is 0 Å². The number of aryl methyl sites for hydroxylation is 2. The van der Waals surface area contributed by atoms with Crippen molar-refractivity contribution in [2.75, 3.05) is 0 Å². The van der Waals surface area contributed by atoms with Crippen molar-refractivity contribution in [1.29, 1.82) is 0 Å². The summed E-state index contributed by atoms with van der Waals surface area (Å²) >= 11 is 0. The molecule has 0 saturated heterocycles. The van der Waals surface area contributed by atoms with Gasteiger partial charge in [0.25, 0.3) is 5.69 Å². The first-order valence-electron chi connectivity index (χ1n) is 6.48. The second kappa shape index (κ2) is 4.83. The normalized spacial score (nSPS) is 11.7. The first kappa shape index (κ1) is 15.0. The SMILES string of the molecule is Cc1c([N+](=O)[O-])ccc2c1nc(C)n2C(=O)OC(C)(C)C. The molecule has 0 aliphatic carbocycles. The number of hydrogen-bond donors (Lipinski definition) is 0. The summed E-state index contributed by atoms with van der Waals surface area (Å²) in [4.78, 5) is 27.0. The topological polar surface area (TPSA) is 87.3 Å². The third-order valence-corrected chi connectivity index (χ3v) is 2.99. The first-order valence-corrected chi connectivity index (χ1v) is 6.48. The lowest BCUT2D eigenvalue weighted by Crippen LogP contribution is -2.27. The molecule has 112 valence electrons. The lowest BCUT2D eigenvalue weighted by molar-refractivity contribution is -0.385. The fraction of sp³-hybridized carbons (Fsp3) is 0.429. The molecule has 0 aliphatic rings. The molecule has 7 nitrogen and oxygen atoms in total. The molecule has 1 aromatic heterocycles. The summed E-state index contributed by atoms with van der Waals surface area (Å²) < 4.78 is 6.67. The van der Waals surface area contributed by atoms with Gasteiger partial charge >= 0.3 is 6.09 Å². The van der Waals surface area contributed by atoms with E-state index in [1.807, 2.05) is 0 Å². The Hall–Kier alpha value is -2.44. The molecule has 0 radical (unpaired) electrons. The average molecular weight is 291 g/mol. The van der Waals surface area contributed by atoms with E-state index in [-0.39, 0.29) is 5.69 Å². The van der Waals surface area contributed by atoms with Crippen LogP contribution in [0.15, 0.2) is 12.1 Å². The maximum Gasteiger partial charge on any atom is 0.420 e. The Labute approximate surface area is 121 Å². The molecule has 2 aromatic rings. The Balaban J connectivity index is 2.62. The van der Waals surface area contributed by atoms with Gasteiger partial charge in [0.15, 0.2) is 0 Å². The molecule has 0 atom stereocenters. The molecule has 7 heteroatoms. The number of ether oxygens (including phenoxy) is 1. The van der Waals surface area contributed by atoms with Gasteiger partial charge in [0, 0.05) is 6.07 Å². The Morgan fingerprint density at radius 1 is 1.33 bits per heavy atom. The number of fused-ring (bicyclic) bond motifs is 1. The Morgan fingerprint density at radius 2 is 1.95 bits per heavy atom. The fourth-order valence-electron chi connectivity index (χ4n) is 2.12. The zero-order valence-corrected chi connectivity index (χ0v) is 12.6. The van der Waals surface area contributed by atoms with Gasteiger partial charge in [-0.25, -0.2) is 14.3 Å². The molecule has 0 spiro atoms. The summed E-state index contributed by atoms with van der Waals surface area (Å²) in [7, 11) is 0. The van der Waals surface area contributed by atoms with Crippen LogP contribution < -0.4 is 0 Å². The van der Waals surface area contributed by atoms with E-state index in [2.05, 4.69) is 4.98 Å². The van der Waals surface area contributed by atoms with E-state index >= 15 is 0 Å². The van der Waals surface area contributed by atoms with Crippen molar-refractivity contribution in [3.8, 4) is 0 Å². The van der Waals surface area contributed by atoms with Gasteiger partial charge in [0.2, 0.25) is 0 Å². The molecule has 1 aromatic carbocycles. The number of nitrogens with zero attached hydrogens (tertiary/aromatic N) is 3. The molecule has 0 unspecified atom stereocenters. The van der Waals surface area contributed by atoms with Gasteiger partial charge in [-0.2, -0.15) is 0 Å². The molecular formula is C14H17N3O4. The smallest absolute Gasteiger partial charge is 0.420 e. The molecule has 0 fully saturated rings. The second-order valence-corrected chi connectivity index (χ2v) is 5.81. The fourth-order valence-corrected chi connectivity index (χ4v) is 2.12. The van der Waals surface area contributed by atoms with Crippen LogP contribution >= 0.6 is 0 Å². The summed E-state index contributed by atoms with van der Waals surface area (Å²) in [5.74, 6) is 0.433. The quantitative estimate of drug-likeness (QED) is 0.594. The van der Waals surface area contributed by atoms with Crippen molar-refractivity contribution in [3.05, 3.63) is 33.6 Å². The van der Waals surface area contributed by atoms with Gasteiger partial charge in [-0.05, 0) is 40.7 Å². The van der Waals surface area contributed by atoms with Crippen LogP contribution in [0, 0.1) is 24.0 Å². The maximum absolute atomic E-state index is 12.3. The zero-order chi connectivity index (χ0) is 15.9. The number of nitro groups is 1. The minimum absolute atomic E-state index is 0.0173. The van der Waals surface area contributed by atoms with E-state index in [1.165, 1.54) is 16.7 Å². The van der Waals surface area contributed by atoms with E-state index in [9.17, 15) is 14.9 Å². The van der Waals surface area contributed by atoms with Gasteiger partial charge < -0.3 is 4.74 Å². The number of carbonyl (C=O) groups excluding carboxylic acids is 1. The third-order valence-electron chi connectivity index (χ3n) is 2.99. The second-order valence-electron chi connectivity index (χ2n) is 5.81. The zero-order valence-electron chi connectivity index (χ0n) is 12.6. The van der Waals surface area contributed by atoms with Crippen LogP contribution in [-0.2, 0) is 4.74 Å². The minimum Gasteiger partial charge on any atom is -0.443 e. The van der Waals surface area contributed by atoms with Crippen molar-refractivity contribution in [3.63, 3.8) is 0 Å². The highest BCUT2D eigenvalue weighted by molar-refractivity contribution is 5.91. The van der Waals surface area contributed by atoms with Crippen molar-refractivity contribution in [2.45, 2.75) is 40.2 Å². The van der Waals surface area contributed by atoms with Crippen LogP contribution in [0.3, 0.4) is 0 Å². The largest absolute Gasteiger partial charge is 0.443 e. The van der Waals surface area contributed by atoms with Crippen molar-refractivity contribution < 1.29 is 14.5 Å². The van der Waals surface area contributed by atoms with Crippen LogP contribution in [0.2, 0.25) is 0 Å². The molecule has 0 saturated carbocycles. The number of benzene rings is 1. The third kappa shape index (κ3) is 2.72. The number of imidazole rings is 1. The van der Waals surface area contributed by atoms with Crippen molar-refractivity contribution in [1.82, 2.24) is 9.55 Å². The Morgan fingerprint density at radius 3 is 2.48 bits per heavy atom. The molecule has 21 heavy (non-hydrogen) atoms. The van der Waals surface area contributed by atoms with Crippen molar-refractivity contribution >= 4 is 22.8 Å². The molecular weight excluding hydrogens is 274 g/mol. The van der Waals surface area contributed by atoms with E-state index < -0.39 is 16.6 Å². The van der Waals surface area contributed by atoms with Crippen LogP contribution in [0.4, 0.5) is 10.5 Å². The Bertz CT molecular complexity index is 741. The average Bonchev–Trinajstić information content (AvgIpc) is 2.64. The highest BCUT2D eigenvalue weighted by Crippen LogP contribution is 2.27. The van der Waals surface area contributed by atoms with Crippen LogP contribution in [0.1, 0.15) is 32.2 Å². The number of aromatic nitrogens is 2. The predicted molar refractivity (Wildman–Crippen MR) is 77.5 cm³/mol. The van der Waals surface area contributed by atoms with E-state index in [4.69, 9.17) is 4.74 Å². The van der Waals surface area contributed by atoms with Crippen molar-refractivity contribution in [2.24, 2.45) is 0 Å². The van der Waals surface area contributed by atoms with Gasteiger partial charge in [-0.1, -0.05) is 0 Å². The van der Waals surface area contributed by atoms with Gasteiger partial charge in [0.05, 0.1) is 21.5 Å². The van der Waals surface area contributed by atoms with E-state index in [0.717, 1.165) is 0 Å². The summed E-state index contributed by atoms with van der Waals surface area (Å²) in [5, 5.41) is 11.0. The van der Waals surface area contributed by atoms with Gasteiger partial charge in [0.1, 0.15) is 11.4 Å². The molecule has 2 rings (SSSR count). The lowest BCUT2D eigenvalue weighted by Gasteiger charge is -2.20. The monoisotopic (exact) mass is 291 g/mol. The molecule has 0 amide bonds. The lowest BCUT2D eigenvalue weighted by atomic mass is 10.1.